The highest BCUT2D eigenvalue weighted by molar-refractivity contribution is 5.33. The molecule has 0 aliphatic heterocycles. The molecule has 0 radical (unpaired) electrons. The van der Waals surface area contributed by atoms with E-state index in [9.17, 15) is 0 Å². The predicted octanol–water partition coefficient (Wildman–Crippen LogP) is 6.17. The van der Waals surface area contributed by atoms with E-state index in [2.05, 4.69) is 52.0 Å². The van der Waals surface area contributed by atoms with Gasteiger partial charge in [-0.05, 0) is 51.7 Å². The Morgan fingerprint density at radius 1 is 0.731 bits per heavy atom. The summed E-state index contributed by atoms with van der Waals surface area (Å²) >= 11 is 0. The monoisotopic (exact) mass is 366 g/mol. The quantitative estimate of drug-likeness (QED) is 0.327. The minimum Gasteiger partial charge on any atom is -0.236 e. The minimum absolute atomic E-state index is 0.231. The van der Waals surface area contributed by atoms with Crippen molar-refractivity contribution in [3.05, 3.63) is 35.4 Å². The zero-order chi connectivity index (χ0) is 19.8. The minimum atomic E-state index is -0.260. The normalized spacial score (nSPS) is 15.1. The van der Waals surface area contributed by atoms with Crippen LogP contribution in [0.25, 0.3) is 0 Å². The topological polar surface area (TPSA) is 36.9 Å². The maximum absolute atomic E-state index is 5.54. The molecule has 1 aromatic carbocycles. The Labute approximate surface area is 160 Å². The van der Waals surface area contributed by atoms with Crippen molar-refractivity contribution in [1.82, 2.24) is 0 Å². The summed E-state index contributed by atoms with van der Waals surface area (Å²) < 4.78 is 0. The van der Waals surface area contributed by atoms with Crippen LogP contribution in [0, 0.1) is 0 Å². The molecule has 2 atom stereocenters. The second-order valence-electron chi connectivity index (χ2n) is 8.39. The molecular formula is C22H38O4. The molecule has 0 N–H and O–H groups in total. The lowest BCUT2D eigenvalue weighted by Crippen LogP contribution is -2.25. The summed E-state index contributed by atoms with van der Waals surface area (Å²) in [6.45, 7) is 17.7. The fourth-order valence-corrected chi connectivity index (χ4v) is 2.30. The molecule has 2 unspecified atom stereocenters. The van der Waals surface area contributed by atoms with Crippen LogP contribution in [0.15, 0.2) is 24.3 Å². The Kier molecular flexibility index (Phi) is 9.25. The van der Waals surface area contributed by atoms with E-state index in [1.54, 1.807) is 0 Å². The summed E-state index contributed by atoms with van der Waals surface area (Å²) in [6.07, 6.45) is 1.81. The fourth-order valence-electron chi connectivity index (χ4n) is 2.30. The van der Waals surface area contributed by atoms with E-state index < -0.39 is 0 Å². The van der Waals surface area contributed by atoms with Crippen LogP contribution in [0.5, 0.6) is 0 Å². The molecule has 0 saturated carbocycles. The van der Waals surface area contributed by atoms with E-state index in [-0.39, 0.29) is 23.0 Å². The standard InChI is InChI=1S/C22H38O4/c1-9-21(5,6)25-23-15-17(3)19-13-11-12-14-20(19)18(4)16-24-26-22(7,8)10-2/h11-14,17-18H,9-10,15-16H2,1-8H3. The average molecular weight is 367 g/mol. The molecule has 0 aliphatic carbocycles. The van der Waals surface area contributed by atoms with Crippen molar-refractivity contribution in [3.63, 3.8) is 0 Å². The lowest BCUT2D eigenvalue weighted by molar-refractivity contribution is -0.355. The lowest BCUT2D eigenvalue weighted by atomic mass is 9.90. The van der Waals surface area contributed by atoms with Gasteiger partial charge in [-0.25, -0.2) is 19.6 Å². The Morgan fingerprint density at radius 3 is 1.38 bits per heavy atom. The molecule has 0 aliphatic rings. The van der Waals surface area contributed by atoms with Gasteiger partial charge in [0.15, 0.2) is 0 Å². The van der Waals surface area contributed by atoms with Gasteiger partial charge in [0.25, 0.3) is 0 Å². The molecule has 150 valence electrons. The van der Waals surface area contributed by atoms with Crippen molar-refractivity contribution in [1.29, 1.82) is 0 Å². The van der Waals surface area contributed by atoms with Crippen molar-refractivity contribution in [3.8, 4) is 0 Å². The van der Waals surface area contributed by atoms with Crippen molar-refractivity contribution in [2.45, 2.75) is 91.3 Å². The van der Waals surface area contributed by atoms with Gasteiger partial charge in [-0.3, -0.25) is 0 Å². The Morgan fingerprint density at radius 2 is 1.08 bits per heavy atom. The molecule has 0 saturated heterocycles. The van der Waals surface area contributed by atoms with Gasteiger partial charge in [0.05, 0.1) is 24.4 Å². The van der Waals surface area contributed by atoms with Crippen LogP contribution in [-0.4, -0.2) is 24.4 Å². The zero-order valence-corrected chi connectivity index (χ0v) is 17.9. The lowest BCUT2D eigenvalue weighted by Gasteiger charge is -2.25. The summed E-state index contributed by atoms with van der Waals surface area (Å²) in [6, 6.07) is 8.44. The first-order chi connectivity index (χ1) is 12.1. The van der Waals surface area contributed by atoms with Crippen molar-refractivity contribution in [2.75, 3.05) is 13.2 Å². The first-order valence-corrected chi connectivity index (χ1v) is 9.82. The molecule has 0 bridgehead atoms. The smallest absolute Gasteiger partial charge is 0.0977 e. The summed E-state index contributed by atoms with van der Waals surface area (Å²) in [5.74, 6) is 0.462. The average Bonchev–Trinajstić information content (AvgIpc) is 2.61. The first kappa shape index (κ1) is 23.1. The third-order valence-electron chi connectivity index (χ3n) is 4.97. The Bertz CT molecular complexity index is 478. The summed E-state index contributed by atoms with van der Waals surface area (Å²) in [7, 11) is 0. The largest absolute Gasteiger partial charge is 0.236 e. The third kappa shape index (κ3) is 7.75. The number of hydrogen-bond donors (Lipinski definition) is 0. The van der Waals surface area contributed by atoms with E-state index in [0.29, 0.717) is 13.2 Å². The van der Waals surface area contributed by atoms with Gasteiger partial charge < -0.3 is 0 Å². The van der Waals surface area contributed by atoms with Gasteiger partial charge in [0.1, 0.15) is 0 Å². The zero-order valence-electron chi connectivity index (χ0n) is 17.9. The van der Waals surface area contributed by atoms with Gasteiger partial charge >= 0.3 is 0 Å². The van der Waals surface area contributed by atoms with Crippen LogP contribution in [0.4, 0.5) is 0 Å². The molecule has 0 fully saturated rings. The van der Waals surface area contributed by atoms with Crippen LogP contribution in [0.1, 0.15) is 91.2 Å². The first-order valence-electron chi connectivity index (χ1n) is 9.82. The second kappa shape index (κ2) is 10.4. The molecule has 26 heavy (non-hydrogen) atoms. The molecule has 0 aromatic heterocycles. The molecule has 0 spiro atoms. The molecule has 1 aromatic rings. The van der Waals surface area contributed by atoms with Crippen LogP contribution >= 0.6 is 0 Å². The molecule has 4 heteroatoms. The SMILES string of the molecule is CCC(C)(C)OOCC(C)c1ccccc1C(C)COOC(C)(C)CC. The highest BCUT2D eigenvalue weighted by Crippen LogP contribution is 2.28. The molecule has 1 rings (SSSR count). The maximum Gasteiger partial charge on any atom is 0.0977 e. The second-order valence-corrected chi connectivity index (χ2v) is 8.39. The molecular weight excluding hydrogens is 328 g/mol. The van der Waals surface area contributed by atoms with Gasteiger partial charge in [-0.2, -0.15) is 0 Å². The highest BCUT2D eigenvalue weighted by Gasteiger charge is 2.21. The highest BCUT2D eigenvalue weighted by atomic mass is 17.2. The van der Waals surface area contributed by atoms with E-state index in [1.807, 2.05) is 27.7 Å². The van der Waals surface area contributed by atoms with E-state index in [0.717, 1.165) is 12.8 Å². The van der Waals surface area contributed by atoms with Crippen LogP contribution in [-0.2, 0) is 19.6 Å². The number of benzene rings is 1. The third-order valence-corrected chi connectivity index (χ3v) is 4.97. The maximum atomic E-state index is 5.54. The van der Waals surface area contributed by atoms with Gasteiger partial charge in [0, 0.05) is 11.8 Å². The molecule has 0 heterocycles. The Hall–Kier alpha value is -0.940. The van der Waals surface area contributed by atoms with E-state index in [4.69, 9.17) is 19.6 Å². The molecule has 0 amide bonds. The van der Waals surface area contributed by atoms with Gasteiger partial charge in [-0.15, -0.1) is 0 Å². The summed E-state index contributed by atoms with van der Waals surface area (Å²) in [4.78, 5) is 22.1. The fraction of sp³-hybridized carbons (Fsp3) is 0.727. The van der Waals surface area contributed by atoms with Crippen LogP contribution in [0.2, 0.25) is 0 Å². The Balaban J connectivity index is 2.65. The summed E-state index contributed by atoms with van der Waals surface area (Å²) in [5.41, 5.74) is 2.00. The molecule has 4 nitrogen and oxygen atoms in total. The number of hydrogen-bond acceptors (Lipinski definition) is 4. The van der Waals surface area contributed by atoms with Crippen LogP contribution in [0.3, 0.4) is 0 Å². The van der Waals surface area contributed by atoms with Gasteiger partial charge in [0.2, 0.25) is 0 Å². The van der Waals surface area contributed by atoms with Crippen LogP contribution < -0.4 is 0 Å². The van der Waals surface area contributed by atoms with Crippen molar-refractivity contribution in [2.24, 2.45) is 0 Å². The number of rotatable bonds is 12. The van der Waals surface area contributed by atoms with Crippen molar-refractivity contribution >= 4 is 0 Å². The van der Waals surface area contributed by atoms with Gasteiger partial charge in [-0.1, -0.05) is 52.0 Å². The summed E-state index contributed by atoms with van der Waals surface area (Å²) in [5, 5.41) is 0. The van der Waals surface area contributed by atoms with E-state index in [1.165, 1.54) is 11.1 Å². The predicted molar refractivity (Wildman–Crippen MR) is 106 cm³/mol. The van der Waals surface area contributed by atoms with Crippen molar-refractivity contribution < 1.29 is 19.6 Å². The van der Waals surface area contributed by atoms with E-state index >= 15 is 0 Å².